The first-order valence-corrected chi connectivity index (χ1v) is 8.75. The highest BCUT2D eigenvalue weighted by Gasteiger charge is 2.34. The molecule has 0 atom stereocenters. The van der Waals surface area contributed by atoms with E-state index in [1.165, 1.54) is 4.90 Å². The monoisotopic (exact) mass is 373 g/mol. The van der Waals surface area contributed by atoms with Crippen LogP contribution in [0, 0.1) is 0 Å². The van der Waals surface area contributed by atoms with Crippen molar-refractivity contribution in [1.82, 2.24) is 9.88 Å². The summed E-state index contributed by atoms with van der Waals surface area (Å²) in [7, 11) is 0. The molecule has 0 radical (unpaired) electrons. The van der Waals surface area contributed by atoms with Gasteiger partial charge in [-0.2, -0.15) is 0 Å². The lowest BCUT2D eigenvalue weighted by molar-refractivity contribution is -0.122. The summed E-state index contributed by atoms with van der Waals surface area (Å²) in [5.41, 5.74) is 2.30. The van der Waals surface area contributed by atoms with Gasteiger partial charge in [0.2, 0.25) is 0 Å². The van der Waals surface area contributed by atoms with E-state index >= 15 is 0 Å². The van der Waals surface area contributed by atoms with Gasteiger partial charge in [0, 0.05) is 17.6 Å². The summed E-state index contributed by atoms with van der Waals surface area (Å²) in [6.45, 7) is 0. The fraction of sp³-hybridized carbons (Fsp3) is 0. The number of benzene rings is 2. The molecule has 1 aromatic heterocycles. The van der Waals surface area contributed by atoms with E-state index in [2.05, 4.69) is 5.32 Å². The Balaban J connectivity index is 1.75. The molecule has 1 fully saturated rings. The Morgan fingerprint density at radius 2 is 1.44 bits per heavy atom. The van der Waals surface area contributed by atoms with Gasteiger partial charge < -0.3 is 4.57 Å². The van der Waals surface area contributed by atoms with Crippen molar-refractivity contribution < 1.29 is 9.59 Å². The molecule has 1 aliphatic rings. The number of aromatic nitrogens is 1. The fourth-order valence-electron chi connectivity index (χ4n) is 2.95. The van der Waals surface area contributed by atoms with Crippen LogP contribution in [-0.2, 0) is 9.59 Å². The molecule has 0 unspecified atom stereocenters. The predicted octanol–water partition coefficient (Wildman–Crippen LogP) is 3.31. The first kappa shape index (κ1) is 16.9. The Hall–Kier alpha value is -3.51. The molecule has 2 amide bonds. The van der Waals surface area contributed by atoms with E-state index in [0.29, 0.717) is 5.69 Å². The second kappa shape index (κ2) is 7.01. The predicted molar refractivity (Wildman–Crippen MR) is 108 cm³/mol. The van der Waals surface area contributed by atoms with Crippen molar-refractivity contribution in [3.63, 3.8) is 0 Å². The van der Waals surface area contributed by atoms with Gasteiger partial charge >= 0.3 is 0 Å². The van der Waals surface area contributed by atoms with Gasteiger partial charge in [0.1, 0.15) is 5.57 Å². The molecule has 1 saturated heterocycles. The van der Waals surface area contributed by atoms with E-state index in [4.69, 9.17) is 12.2 Å². The van der Waals surface area contributed by atoms with Gasteiger partial charge in [0.05, 0.1) is 5.69 Å². The van der Waals surface area contributed by atoms with E-state index < -0.39 is 11.8 Å². The average molecular weight is 373 g/mol. The topological polar surface area (TPSA) is 54.3 Å². The Kier molecular flexibility index (Phi) is 4.40. The number of carbonyl (C=O) groups excluding carboxylic acids is 2. The second-order valence-electron chi connectivity index (χ2n) is 5.93. The van der Waals surface area contributed by atoms with Gasteiger partial charge in [-0.1, -0.05) is 36.4 Å². The standard InChI is InChI=1S/C21H15N3O2S/c25-19-18(14-17-12-7-13-23(17)15-8-3-1-4-9-15)20(26)24(21(27)22-19)16-10-5-2-6-11-16/h1-14H,(H,22,25,27)/b18-14-. The Labute approximate surface area is 161 Å². The summed E-state index contributed by atoms with van der Waals surface area (Å²) >= 11 is 5.21. The Morgan fingerprint density at radius 1 is 0.815 bits per heavy atom. The lowest BCUT2D eigenvalue weighted by Gasteiger charge is -2.28. The van der Waals surface area contributed by atoms with Crippen LogP contribution >= 0.6 is 12.2 Å². The largest absolute Gasteiger partial charge is 0.317 e. The van der Waals surface area contributed by atoms with Crippen LogP contribution in [0.5, 0.6) is 0 Å². The van der Waals surface area contributed by atoms with Crippen molar-refractivity contribution in [1.29, 1.82) is 0 Å². The molecule has 3 aromatic rings. The highest BCUT2D eigenvalue weighted by Crippen LogP contribution is 2.22. The summed E-state index contributed by atoms with van der Waals surface area (Å²) in [6, 6.07) is 22.4. The lowest BCUT2D eigenvalue weighted by atomic mass is 10.1. The number of anilines is 1. The van der Waals surface area contributed by atoms with E-state index in [1.54, 1.807) is 18.2 Å². The quantitative estimate of drug-likeness (QED) is 0.435. The molecule has 5 nitrogen and oxygen atoms in total. The van der Waals surface area contributed by atoms with E-state index in [-0.39, 0.29) is 10.7 Å². The van der Waals surface area contributed by atoms with E-state index in [0.717, 1.165) is 11.4 Å². The maximum Gasteiger partial charge on any atom is 0.270 e. The Morgan fingerprint density at radius 3 is 2.11 bits per heavy atom. The lowest BCUT2D eigenvalue weighted by Crippen LogP contribution is -2.54. The van der Waals surface area contributed by atoms with Crippen LogP contribution in [0.2, 0.25) is 0 Å². The third-order valence-electron chi connectivity index (χ3n) is 4.22. The molecule has 132 valence electrons. The number of hydrogen-bond donors (Lipinski definition) is 1. The summed E-state index contributed by atoms with van der Waals surface area (Å²) in [5.74, 6) is -0.950. The summed E-state index contributed by atoms with van der Waals surface area (Å²) in [5, 5.41) is 2.68. The number of para-hydroxylation sites is 2. The molecule has 2 heterocycles. The van der Waals surface area contributed by atoms with Gasteiger partial charge in [-0.15, -0.1) is 0 Å². The molecular weight excluding hydrogens is 358 g/mol. The smallest absolute Gasteiger partial charge is 0.270 e. The highest BCUT2D eigenvalue weighted by atomic mass is 32.1. The van der Waals surface area contributed by atoms with Crippen molar-refractivity contribution in [2.45, 2.75) is 0 Å². The fourth-order valence-corrected chi connectivity index (χ4v) is 3.23. The second-order valence-corrected chi connectivity index (χ2v) is 6.32. The van der Waals surface area contributed by atoms with Crippen molar-refractivity contribution in [2.24, 2.45) is 0 Å². The van der Waals surface area contributed by atoms with Crippen LogP contribution in [0.25, 0.3) is 11.8 Å². The molecule has 1 N–H and O–H groups in total. The maximum atomic E-state index is 13.0. The van der Waals surface area contributed by atoms with Crippen molar-refractivity contribution in [3.05, 3.63) is 90.3 Å². The van der Waals surface area contributed by atoms with Crippen LogP contribution in [0.4, 0.5) is 5.69 Å². The van der Waals surface area contributed by atoms with E-state index in [1.807, 2.05) is 71.4 Å². The number of hydrogen-bond acceptors (Lipinski definition) is 3. The molecule has 27 heavy (non-hydrogen) atoms. The number of carbonyl (C=O) groups is 2. The zero-order valence-electron chi connectivity index (χ0n) is 14.2. The number of rotatable bonds is 3. The average Bonchev–Trinajstić information content (AvgIpc) is 3.15. The number of nitrogens with one attached hydrogen (secondary N) is 1. The van der Waals surface area contributed by atoms with Gasteiger partial charge in [-0.3, -0.25) is 19.8 Å². The van der Waals surface area contributed by atoms with Crippen molar-refractivity contribution >= 4 is 40.9 Å². The molecule has 2 aromatic carbocycles. The minimum atomic E-state index is -0.502. The van der Waals surface area contributed by atoms with Crippen molar-refractivity contribution in [3.8, 4) is 5.69 Å². The molecule has 6 heteroatoms. The minimum absolute atomic E-state index is 0.0309. The maximum absolute atomic E-state index is 13.0. The van der Waals surface area contributed by atoms with Crippen LogP contribution in [0.15, 0.2) is 84.6 Å². The third kappa shape index (κ3) is 3.18. The first-order valence-electron chi connectivity index (χ1n) is 8.34. The van der Waals surface area contributed by atoms with Crippen LogP contribution < -0.4 is 10.2 Å². The molecule has 1 aliphatic heterocycles. The molecule has 0 spiro atoms. The zero-order chi connectivity index (χ0) is 18.8. The zero-order valence-corrected chi connectivity index (χ0v) is 15.0. The molecule has 0 aliphatic carbocycles. The molecule has 4 rings (SSSR count). The number of thiocarbonyl (C=S) groups is 1. The summed E-state index contributed by atoms with van der Waals surface area (Å²) in [6.07, 6.45) is 3.47. The van der Waals surface area contributed by atoms with Gasteiger partial charge in [-0.25, -0.2) is 0 Å². The third-order valence-corrected chi connectivity index (χ3v) is 4.51. The molecule has 0 bridgehead atoms. The first-order chi connectivity index (χ1) is 13.1. The van der Waals surface area contributed by atoms with Crippen LogP contribution in [-0.4, -0.2) is 21.5 Å². The number of amides is 2. The Bertz CT molecular complexity index is 1060. The molecular formula is C21H15N3O2S. The van der Waals surface area contributed by atoms with Crippen molar-refractivity contribution in [2.75, 3.05) is 4.90 Å². The highest BCUT2D eigenvalue weighted by molar-refractivity contribution is 7.80. The SMILES string of the molecule is O=C1NC(=S)N(c2ccccc2)C(=O)/C1=C\c1cccn1-c1ccccc1. The van der Waals surface area contributed by atoms with Crippen LogP contribution in [0.1, 0.15) is 5.69 Å². The minimum Gasteiger partial charge on any atom is -0.317 e. The van der Waals surface area contributed by atoms with Crippen LogP contribution in [0.3, 0.4) is 0 Å². The van der Waals surface area contributed by atoms with E-state index in [9.17, 15) is 9.59 Å². The normalized spacial score (nSPS) is 15.9. The molecule has 0 saturated carbocycles. The van der Waals surface area contributed by atoms with Gasteiger partial charge in [0.15, 0.2) is 5.11 Å². The number of nitrogens with zero attached hydrogens (tertiary/aromatic N) is 2. The summed E-state index contributed by atoms with van der Waals surface area (Å²) in [4.78, 5) is 26.8. The van der Waals surface area contributed by atoms with Gasteiger partial charge in [-0.05, 0) is 54.7 Å². The summed E-state index contributed by atoms with van der Waals surface area (Å²) < 4.78 is 1.91. The van der Waals surface area contributed by atoms with Gasteiger partial charge in [0.25, 0.3) is 11.8 Å².